The Labute approximate surface area is 158 Å². The van der Waals surface area contributed by atoms with E-state index in [0.29, 0.717) is 24.5 Å². The maximum absolute atomic E-state index is 13.2. The van der Waals surface area contributed by atoms with Crippen molar-refractivity contribution in [3.8, 4) is 11.5 Å². The Bertz CT molecular complexity index is 941. The van der Waals surface area contributed by atoms with Gasteiger partial charge in [0, 0.05) is 23.7 Å². The van der Waals surface area contributed by atoms with Crippen LogP contribution in [0.2, 0.25) is 0 Å². The molecular formula is C19H22N2O5S. The molecule has 1 aliphatic heterocycles. The lowest BCUT2D eigenvalue weighted by molar-refractivity contribution is 0.1000. The summed E-state index contributed by atoms with van der Waals surface area (Å²) < 4.78 is 38.5. The fourth-order valence-corrected chi connectivity index (χ4v) is 5.03. The molecule has 3 rings (SSSR count). The third-order valence-electron chi connectivity index (χ3n) is 4.75. The second-order valence-electron chi connectivity index (χ2n) is 6.27. The zero-order chi connectivity index (χ0) is 19.6. The lowest BCUT2D eigenvalue weighted by Crippen LogP contribution is -2.31. The number of carbonyl (C=O) groups excluding carboxylic acids is 1. The Morgan fingerprint density at radius 3 is 2.41 bits per heavy atom. The molecule has 8 heteroatoms. The first-order valence-electron chi connectivity index (χ1n) is 8.52. The number of nitrogens with two attached hydrogens (primary N) is 1. The summed E-state index contributed by atoms with van der Waals surface area (Å²) in [4.78, 5) is 11.3. The molecule has 144 valence electrons. The summed E-state index contributed by atoms with van der Waals surface area (Å²) in [6, 6.07) is 10.7. The summed E-state index contributed by atoms with van der Waals surface area (Å²) in [5.41, 5.74) is 6.29. The van der Waals surface area contributed by atoms with Gasteiger partial charge in [-0.15, -0.1) is 0 Å². The van der Waals surface area contributed by atoms with Gasteiger partial charge < -0.3 is 15.2 Å². The second-order valence-corrected chi connectivity index (χ2v) is 8.16. The highest BCUT2D eigenvalue weighted by Crippen LogP contribution is 2.41. The van der Waals surface area contributed by atoms with Crippen LogP contribution in [0.5, 0.6) is 11.5 Å². The molecule has 0 unspecified atom stereocenters. The van der Waals surface area contributed by atoms with E-state index >= 15 is 0 Å². The molecule has 2 N–H and O–H groups in total. The fraction of sp³-hybridized carbons (Fsp3) is 0.316. The molecule has 2 aromatic carbocycles. The highest BCUT2D eigenvalue weighted by atomic mass is 32.2. The average molecular weight is 390 g/mol. The largest absolute Gasteiger partial charge is 0.497 e. The van der Waals surface area contributed by atoms with Crippen molar-refractivity contribution in [2.24, 2.45) is 5.73 Å². The van der Waals surface area contributed by atoms with E-state index in [2.05, 4.69) is 0 Å². The summed E-state index contributed by atoms with van der Waals surface area (Å²) in [7, 11) is -0.609. The Hall–Kier alpha value is -2.58. The molecule has 1 fully saturated rings. The number of sulfonamides is 1. The van der Waals surface area contributed by atoms with Crippen molar-refractivity contribution in [1.82, 2.24) is 4.31 Å². The van der Waals surface area contributed by atoms with E-state index in [4.69, 9.17) is 15.2 Å². The van der Waals surface area contributed by atoms with Crippen molar-refractivity contribution in [2.75, 3.05) is 20.8 Å². The van der Waals surface area contributed by atoms with Gasteiger partial charge in [0.2, 0.25) is 15.9 Å². The number of ether oxygens (including phenoxy) is 2. The average Bonchev–Trinajstić information content (AvgIpc) is 3.18. The highest BCUT2D eigenvalue weighted by molar-refractivity contribution is 7.89. The standard InChI is InChI=1S/C19H22N2O5S/c1-25-14-7-10-16(18(12-14)26-2)17-4-3-11-21(17)27(23,24)15-8-5-13(6-9-15)19(20)22/h5-10,12,17H,3-4,11H2,1-2H3,(H2,20,22)/t17-/m1/s1. The third-order valence-corrected chi connectivity index (χ3v) is 6.67. The first-order valence-corrected chi connectivity index (χ1v) is 9.96. The monoisotopic (exact) mass is 390 g/mol. The van der Waals surface area contributed by atoms with Gasteiger partial charge in [-0.05, 0) is 43.2 Å². The van der Waals surface area contributed by atoms with Gasteiger partial charge in [0.15, 0.2) is 0 Å². The quantitative estimate of drug-likeness (QED) is 0.816. The Kier molecular flexibility index (Phi) is 5.38. The molecule has 2 aromatic rings. The van der Waals surface area contributed by atoms with Crippen LogP contribution >= 0.6 is 0 Å². The van der Waals surface area contributed by atoms with Crippen LogP contribution < -0.4 is 15.2 Å². The lowest BCUT2D eigenvalue weighted by atomic mass is 10.0. The number of nitrogens with zero attached hydrogens (tertiary/aromatic N) is 1. The van der Waals surface area contributed by atoms with Crippen molar-refractivity contribution in [3.63, 3.8) is 0 Å². The summed E-state index contributed by atoms with van der Waals surface area (Å²) in [6.45, 7) is 0.416. The van der Waals surface area contributed by atoms with Crippen molar-refractivity contribution >= 4 is 15.9 Å². The number of methoxy groups -OCH3 is 2. The number of hydrogen-bond acceptors (Lipinski definition) is 5. The van der Waals surface area contributed by atoms with E-state index in [1.165, 1.54) is 28.6 Å². The van der Waals surface area contributed by atoms with Crippen LogP contribution in [0, 0.1) is 0 Å². The number of hydrogen-bond donors (Lipinski definition) is 1. The van der Waals surface area contributed by atoms with E-state index in [9.17, 15) is 13.2 Å². The van der Waals surface area contributed by atoms with Crippen LogP contribution in [0.4, 0.5) is 0 Å². The zero-order valence-electron chi connectivity index (χ0n) is 15.2. The van der Waals surface area contributed by atoms with Crippen molar-refractivity contribution in [1.29, 1.82) is 0 Å². The van der Waals surface area contributed by atoms with Crippen molar-refractivity contribution in [2.45, 2.75) is 23.8 Å². The molecule has 27 heavy (non-hydrogen) atoms. The molecular weight excluding hydrogens is 368 g/mol. The molecule has 1 amide bonds. The molecule has 0 saturated carbocycles. The smallest absolute Gasteiger partial charge is 0.248 e. The number of primary amides is 1. The topological polar surface area (TPSA) is 98.9 Å². The Balaban J connectivity index is 1.97. The van der Waals surface area contributed by atoms with Gasteiger partial charge in [0.25, 0.3) is 0 Å². The minimum atomic E-state index is -3.72. The first-order chi connectivity index (χ1) is 12.9. The molecule has 0 spiro atoms. The van der Waals surface area contributed by atoms with Crippen molar-refractivity contribution < 1.29 is 22.7 Å². The van der Waals surface area contributed by atoms with Crippen LogP contribution in [0.15, 0.2) is 47.4 Å². The molecule has 0 radical (unpaired) electrons. The van der Waals surface area contributed by atoms with Crippen molar-refractivity contribution in [3.05, 3.63) is 53.6 Å². The maximum Gasteiger partial charge on any atom is 0.248 e. The molecule has 1 atom stereocenters. The van der Waals surface area contributed by atoms with Gasteiger partial charge in [-0.2, -0.15) is 4.31 Å². The molecule has 0 aromatic heterocycles. The van der Waals surface area contributed by atoms with Crippen LogP contribution in [-0.2, 0) is 10.0 Å². The molecule has 1 heterocycles. The lowest BCUT2D eigenvalue weighted by Gasteiger charge is -2.26. The number of carbonyl (C=O) groups is 1. The fourth-order valence-electron chi connectivity index (χ4n) is 3.36. The minimum Gasteiger partial charge on any atom is -0.497 e. The molecule has 7 nitrogen and oxygen atoms in total. The van der Waals surface area contributed by atoms with Crippen LogP contribution in [-0.4, -0.2) is 39.4 Å². The highest BCUT2D eigenvalue weighted by Gasteiger charge is 2.37. The molecule has 0 aliphatic carbocycles. The summed E-state index contributed by atoms with van der Waals surface area (Å²) in [5, 5.41) is 0. The molecule has 1 saturated heterocycles. The van der Waals surface area contributed by atoms with Gasteiger partial charge in [-0.3, -0.25) is 4.79 Å². The van der Waals surface area contributed by atoms with E-state index in [1.807, 2.05) is 6.07 Å². The normalized spacial score (nSPS) is 17.6. The van der Waals surface area contributed by atoms with Gasteiger partial charge in [-0.25, -0.2) is 8.42 Å². The predicted molar refractivity (Wildman–Crippen MR) is 100 cm³/mol. The van der Waals surface area contributed by atoms with E-state index < -0.39 is 15.9 Å². The molecule has 1 aliphatic rings. The first kappa shape index (κ1) is 19.2. The van der Waals surface area contributed by atoms with E-state index in [-0.39, 0.29) is 16.5 Å². The van der Waals surface area contributed by atoms with Gasteiger partial charge in [-0.1, -0.05) is 6.07 Å². The SMILES string of the molecule is COc1ccc([C@H]2CCCN2S(=O)(=O)c2ccc(C(N)=O)cc2)c(OC)c1. The minimum absolute atomic E-state index is 0.131. The van der Waals surface area contributed by atoms with Crippen LogP contribution in [0.25, 0.3) is 0 Å². The number of benzene rings is 2. The van der Waals surface area contributed by atoms with E-state index in [1.54, 1.807) is 26.4 Å². The number of rotatable bonds is 6. The predicted octanol–water partition coefficient (Wildman–Crippen LogP) is 2.33. The summed E-state index contributed by atoms with van der Waals surface area (Å²) in [6.07, 6.45) is 1.44. The van der Waals surface area contributed by atoms with E-state index in [0.717, 1.165) is 12.0 Å². The molecule has 0 bridgehead atoms. The summed E-state index contributed by atoms with van der Waals surface area (Å²) in [5.74, 6) is 0.636. The number of amides is 1. The van der Waals surface area contributed by atoms with Crippen LogP contribution in [0.3, 0.4) is 0 Å². The Morgan fingerprint density at radius 1 is 1.11 bits per heavy atom. The van der Waals surface area contributed by atoms with Gasteiger partial charge >= 0.3 is 0 Å². The third kappa shape index (κ3) is 3.63. The van der Waals surface area contributed by atoms with Gasteiger partial charge in [0.1, 0.15) is 11.5 Å². The second kappa shape index (κ2) is 7.58. The van der Waals surface area contributed by atoms with Gasteiger partial charge in [0.05, 0.1) is 25.2 Å². The summed E-state index contributed by atoms with van der Waals surface area (Å²) >= 11 is 0. The van der Waals surface area contributed by atoms with Crippen LogP contribution in [0.1, 0.15) is 34.8 Å². The zero-order valence-corrected chi connectivity index (χ0v) is 16.0. The maximum atomic E-state index is 13.2. The Morgan fingerprint density at radius 2 is 1.81 bits per heavy atom.